The summed E-state index contributed by atoms with van der Waals surface area (Å²) in [6, 6.07) is 18.1. The van der Waals surface area contributed by atoms with E-state index >= 15 is 0 Å². The number of piperazine rings is 1. The molecule has 10 heteroatoms. The Hall–Kier alpha value is -2.56. The van der Waals surface area contributed by atoms with Crippen LogP contribution in [0.5, 0.6) is 5.75 Å². The van der Waals surface area contributed by atoms with Crippen molar-refractivity contribution in [2.45, 2.75) is 17.6 Å². The Balaban J connectivity index is 1.44. The highest BCUT2D eigenvalue weighted by Gasteiger charge is 2.33. The van der Waals surface area contributed by atoms with Gasteiger partial charge in [-0.1, -0.05) is 41.9 Å². The first-order valence-corrected chi connectivity index (χ1v) is 13.3. The fourth-order valence-electron chi connectivity index (χ4n) is 4.14. The van der Waals surface area contributed by atoms with Gasteiger partial charge in [0.1, 0.15) is 17.4 Å². The fraction of sp³-hybridized carbons (Fsp3) is 0.308. The minimum absolute atomic E-state index is 0.110. The molecule has 0 amide bonds. The summed E-state index contributed by atoms with van der Waals surface area (Å²) in [5.41, 5.74) is 1.89. The molecule has 0 spiro atoms. The molecule has 1 fully saturated rings. The minimum atomic E-state index is -4.29. The van der Waals surface area contributed by atoms with Crippen molar-refractivity contribution in [3.05, 3.63) is 94.5 Å². The second kappa shape index (κ2) is 11.7. The fourth-order valence-corrected chi connectivity index (χ4v) is 5.79. The van der Waals surface area contributed by atoms with Crippen LogP contribution in [-0.2, 0) is 21.4 Å². The Morgan fingerprint density at radius 2 is 1.58 bits per heavy atom. The molecule has 36 heavy (non-hydrogen) atoms. The van der Waals surface area contributed by atoms with E-state index in [-0.39, 0.29) is 19.2 Å². The quantitative estimate of drug-likeness (QED) is 0.390. The van der Waals surface area contributed by atoms with Gasteiger partial charge < -0.3 is 9.47 Å². The molecule has 1 aliphatic heterocycles. The van der Waals surface area contributed by atoms with Gasteiger partial charge in [-0.2, -0.15) is 4.31 Å². The molecule has 0 bridgehead atoms. The number of rotatable bonds is 9. The monoisotopic (exact) mass is 536 g/mol. The van der Waals surface area contributed by atoms with Crippen molar-refractivity contribution < 1.29 is 26.7 Å². The first-order chi connectivity index (χ1) is 17.3. The van der Waals surface area contributed by atoms with Crippen molar-refractivity contribution in [2.24, 2.45) is 0 Å². The number of methoxy groups -OCH3 is 1. The van der Waals surface area contributed by atoms with Gasteiger partial charge in [0.2, 0.25) is 10.0 Å². The number of hydrogen-bond acceptors (Lipinski definition) is 5. The number of benzene rings is 3. The van der Waals surface area contributed by atoms with Crippen molar-refractivity contribution in [2.75, 3.05) is 39.8 Å². The van der Waals surface area contributed by atoms with Gasteiger partial charge in [0.15, 0.2) is 4.90 Å². The molecular weight excluding hydrogens is 510 g/mol. The van der Waals surface area contributed by atoms with Crippen molar-refractivity contribution >= 4 is 21.6 Å². The van der Waals surface area contributed by atoms with Crippen LogP contribution in [0.3, 0.4) is 0 Å². The smallest absolute Gasteiger partial charge is 0.249 e. The molecule has 192 valence electrons. The van der Waals surface area contributed by atoms with Gasteiger partial charge >= 0.3 is 0 Å². The van der Waals surface area contributed by atoms with Gasteiger partial charge in [-0.15, -0.1) is 0 Å². The Bertz CT molecular complexity index is 1260. The van der Waals surface area contributed by atoms with Gasteiger partial charge in [-0.25, -0.2) is 17.2 Å². The number of hydrogen-bond donors (Lipinski definition) is 0. The summed E-state index contributed by atoms with van der Waals surface area (Å²) in [6.45, 7) is 1.86. The zero-order valence-corrected chi connectivity index (χ0v) is 21.3. The van der Waals surface area contributed by atoms with Crippen LogP contribution in [0.2, 0.25) is 5.02 Å². The van der Waals surface area contributed by atoms with E-state index in [9.17, 15) is 17.2 Å². The van der Waals surface area contributed by atoms with Crippen LogP contribution < -0.4 is 4.74 Å². The third kappa shape index (κ3) is 6.22. The third-order valence-corrected chi connectivity index (χ3v) is 8.30. The summed E-state index contributed by atoms with van der Waals surface area (Å²) in [5, 5.41) is 0.615. The van der Waals surface area contributed by atoms with E-state index in [1.165, 1.54) is 0 Å². The lowest BCUT2D eigenvalue weighted by molar-refractivity contribution is 0.00766. The summed E-state index contributed by atoms with van der Waals surface area (Å²) in [5.74, 6) is -1.44. The van der Waals surface area contributed by atoms with Crippen molar-refractivity contribution in [1.29, 1.82) is 0 Å². The molecule has 0 aliphatic carbocycles. The van der Waals surface area contributed by atoms with E-state index in [2.05, 4.69) is 4.90 Å². The molecule has 1 aliphatic rings. The predicted octanol–water partition coefficient (Wildman–Crippen LogP) is 4.89. The van der Waals surface area contributed by atoms with Gasteiger partial charge in [0.05, 0.1) is 19.8 Å². The van der Waals surface area contributed by atoms with Crippen LogP contribution in [0.4, 0.5) is 8.78 Å². The molecule has 4 rings (SSSR count). The molecule has 0 radical (unpaired) electrons. The molecule has 0 N–H and O–H groups in total. The largest absolute Gasteiger partial charge is 0.497 e. The molecule has 6 nitrogen and oxygen atoms in total. The van der Waals surface area contributed by atoms with Gasteiger partial charge in [-0.3, -0.25) is 4.90 Å². The van der Waals surface area contributed by atoms with Crippen molar-refractivity contribution in [3.63, 3.8) is 0 Å². The highest BCUT2D eigenvalue weighted by atomic mass is 35.5. The topological polar surface area (TPSA) is 59.1 Å². The van der Waals surface area contributed by atoms with Crippen molar-refractivity contribution in [3.8, 4) is 5.75 Å². The summed E-state index contributed by atoms with van der Waals surface area (Å²) >= 11 is 6.07. The minimum Gasteiger partial charge on any atom is -0.497 e. The maximum absolute atomic E-state index is 14.1. The van der Waals surface area contributed by atoms with Gasteiger partial charge in [0, 0.05) is 37.7 Å². The maximum atomic E-state index is 14.1. The van der Waals surface area contributed by atoms with E-state index in [4.69, 9.17) is 21.1 Å². The summed E-state index contributed by atoms with van der Waals surface area (Å²) in [7, 11) is -2.68. The zero-order valence-electron chi connectivity index (χ0n) is 19.7. The molecule has 1 atom stereocenters. The third-order valence-electron chi connectivity index (χ3n) is 6.10. The van der Waals surface area contributed by atoms with Gasteiger partial charge in [-0.05, 0) is 47.5 Å². The van der Waals surface area contributed by atoms with Crippen LogP contribution in [-0.4, -0.2) is 57.5 Å². The van der Waals surface area contributed by atoms with Crippen LogP contribution in [0.1, 0.15) is 17.2 Å². The summed E-state index contributed by atoms with van der Waals surface area (Å²) < 4.78 is 66.8. The number of nitrogens with zero attached hydrogens (tertiary/aromatic N) is 2. The SMILES string of the molecule is COc1cccc(CO[C@H](CN2CCN(S(=O)(=O)c3c(F)cccc3F)CC2)c2ccc(Cl)cc2)c1. The number of sulfonamides is 1. The number of ether oxygens (including phenoxy) is 2. The molecular formula is C26H27ClF2N2O4S. The first kappa shape index (κ1) is 26.5. The Morgan fingerprint density at radius 3 is 2.22 bits per heavy atom. The average molecular weight is 537 g/mol. The molecule has 3 aromatic rings. The highest BCUT2D eigenvalue weighted by Crippen LogP contribution is 2.26. The van der Waals surface area contributed by atoms with Crippen molar-refractivity contribution in [1.82, 2.24) is 9.21 Å². The Morgan fingerprint density at radius 1 is 0.944 bits per heavy atom. The molecule has 0 unspecified atom stereocenters. The van der Waals surface area contributed by atoms with Crippen LogP contribution in [0.25, 0.3) is 0 Å². The second-order valence-electron chi connectivity index (χ2n) is 8.46. The Kier molecular flexibility index (Phi) is 8.58. The standard InChI is InChI=1S/C26H27ClF2N2O4S/c1-34-22-5-2-4-19(16-22)18-35-25(20-8-10-21(27)11-9-20)17-30-12-14-31(15-13-30)36(32,33)26-23(28)6-3-7-24(26)29/h2-11,16,25H,12-15,17-18H2,1H3/t25-/m1/s1. The summed E-state index contributed by atoms with van der Waals surface area (Å²) in [6.07, 6.45) is -0.305. The molecule has 3 aromatic carbocycles. The maximum Gasteiger partial charge on any atom is 0.249 e. The highest BCUT2D eigenvalue weighted by molar-refractivity contribution is 7.89. The average Bonchev–Trinajstić information content (AvgIpc) is 2.87. The van der Waals surface area contributed by atoms with E-state index in [0.717, 1.165) is 39.4 Å². The van der Waals surface area contributed by atoms with E-state index in [1.807, 2.05) is 36.4 Å². The Labute approximate surface area is 215 Å². The lowest BCUT2D eigenvalue weighted by atomic mass is 10.1. The van der Waals surface area contributed by atoms with Crippen LogP contribution in [0.15, 0.2) is 71.6 Å². The van der Waals surface area contributed by atoms with Crippen LogP contribution in [0, 0.1) is 11.6 Å². The van der Waals surface area contributed by atoms with E-state index in [0.29, 0.717) is 31.3 Å². The predicted molar refractivity (Wildman–Crippen MR) is 134 cm³/mol. The van der Waals surface area contributed by atoms with E-state index < -0.39 is 26.6 Å². The molecule has 0 saturated carbocycles. The number of halogens is 3. The summed E-state index contributed by atoms with van der Waals surface area (Å²) in [4.78, 5) is 1.17. The van der Waals surface area contributed by atoms with Gasteiger partial charge in [0.25, 0.3) is 0 Å². The van der Waals surface area contributed by atoms with E-state index in [1.54, 1.807) is 19.2 Å². The second-order valence-corrected chi connectivity index (χ2v) is 10.8. The molecule has 1 heterocycles. The molecule has 0 aromatic heterocycles. The first-order valence-electron chi connectivity index (χ1n) is 11.4. The lowest BCUT2D eigenvalue weighted by Crippen LogP contribution is -2.49. The lowest BCUT2D eigenvalue weighted by Gasteiger charge is -2.36. The normalized spacial score (nSPS) is 16.1. The van der Waals surface area contributed by atoms with Crippen LogP contribution >= 0.6 is 11.6 Å². The molecule has 1 saturated heterocycles. The zero-order chi connectivity index (χ0) is 25.7.